The van der Waals surface area contributed by atoms with Crippen molar-refractivity contribution in [2.45, 2.75) is 45.6 Å². The molecule has 2 heterocycles. The second-order valence-electron chi connectivity index (χ2n) is 8.85. The Balaban J connectivity index is 1.59. The van der Waals surface area contributed by atoms with Gasteiger partial charge >= 0.3 is 0 Å². The van der Waals surface area contributed by atoms with E-state index < -0.39 is 6.04 Å². The summed E-state index contributed by atoms with van der Waals surface area (Å²) in [4.78, 5) is 28.4. The van der Waals surface area contributed by atoms with Crippen LogP contribution in [-0.4, -0.2) is 35.7 Å². The first kappa shape index (κ1) is 23.5. The van der Waals surface area contributed by atoms with Gasteiger partial charge in [0.2, 0.25) is 11.8 Å². The number of carbonyl (C=O) groups is 2. The summed E-state index contributed by atoms with van der Waals surface area (Å²) in [5.41, 5.74) is 4.97. The van der Waals surface area contributed by atoms with Gasteiger partial charge in [0.05, 0.1) is 25.3 Å². The van der Waals surface area contributed by atoms with Gasteiger partial charge in [0.25, 0.3) is 0 Å². The number of ether oxygens (including phenoxy) is 1. The lowest BCUT2D eigenvalue weighted by Gasteiger charge is -2.41. The number of nitrogens with zero attached hydrogens (tertiary/aromatic N) is 2. The van der Waals surface area contributed by atoms with E-state index in [1.807, 2.05) is 68.6 Å². The van der Waals surface area contributed by atoms with Crippen LogP contribution >= 0.6 is 0 Å². The number of aromatic amines is 1. The summed E-state index contributed by atoms with van der Waals surface area (Å²) in [5, 5.41) is 10.1. The number of methoxy groups -OCH3 is 1. The number of anilines is 1. The number of aromatic nitrogens is 2. The summed E-state index contributed by atoms with van der Waals surface area (Å²) in [5.74, 6) is 0.266. The van der Waals surface area contributed by atoms with E-state index in [1.165, 1.54) is 0 Å². The molecule has 2 aromatic carbocycles. The summed E-state index contributed by atoms with van der Waals surface area (Å²) < 4.78 is 5.64. The van der Waals surface area contributed by atoms with Crippen molar-refractivity contribution < 1.29 is 14.3 Å². The number of rotatable bonds is 8. The Kier molecular flexibility index (Phi) is 7.30. The summed E-state index contributed by atoms with van der Waals surface area (Å²) in [7, 11) is 1.62. The highest BCUT2D eigenvalue weighted by Gasteiger charge is 2.42. The molecule has 7 nitrogen and oxygen atoms in total. The average Bonchev–Trinajstić information content (AvgIpc) is 3.26. The minimum atomic E-state index is -0.448. The fourth-order valence-electron chi connectivity index (χ4n) is 4.69. The fourth-order valence-corrected chi connectivity index (χ4v) is 4.69. The highest BCUT2D eigenvalue weighted by atomic mass is 16.5. The topological polar surface area (TPSA) is 87.3 Å². The van der Waals surface area contributed by atoms with E-state index in [-0.39, 0.29) is 17.7 Å². The predicted octanol–water partition coefficient (Wildman–Crippen LogP) is 4.27. The van der Waals surface area contributed by atoms with Gasteiger partial charge in [0.1, 0.15) is 5.75 Å². The smallest absolute Gasteiger partial charge is 0.227 e. The number of aryl methyl sites for hydroxylation is 3. The third-order valence-electron chi connectivity index (χ3n) is 6.56. The largest absolute Gasteiger partial charge is 0.496 e. The Labute approximate surface area is 200 Å². The molecule has 1 aliphatic heterocycles. The number of amides is 2. The molecule has 4 rings (SSSR count). The van der Waals surface area contributed by atoms with E-state index in [4.69, 9.17) is 4.74 Å². The predicted molar refractivity (Wildman–Crippen MR) is 132 cm³/mol. The number of H-pyrrole nitrogens is 1. The molecule has 2 atom stereocenters. The molecule has 1 saturated heterocycles. The number of benzene rings is 2. The van der Waals surface area contributed by atoms with Crippen molar-refractivity contribution in [2.24, 2.45) is 5.92 Å². The van der Waals surface area contributed by atoms with Crippen molar-refractivity contribution in [1.29, 1.82) is 0 Å². The molecule has 3 aromatic rings. The van der Waals surface area contributed by atoms with Crippen LogP contribution < -0.4 is 15.0 Å². The highest BCUT2D eigenvalue weighted by molar-refractivity contribution is 5.97. The summed E-state index contributed by atoms with van der Waals surface area (Å²) >= 11 is 0. The summed E-state index contributed by atoms with van der Waals surface area (Å²) in [6.45, 7) is 4.58. The van der Waals surface area contributed by atoms with Crippen LogP contribution in [0.2, 0.25) is 0 Å². The maximum atomic E-state index is 13.4. The zero-order valence-electron chi connectivity index (χ0n) is 20.0. The van der Waals surface area contributed by atoms with Gasteiger partial charge in [-0.15, -0.1) is 0 Å². The Morgan fingerprint density at radius 1 is 1.18 bits per heavy atom. The standard InChI is InChI=1S/C27H32N4O3/c1-18-10-12-21(13-11-18)31-25(32)15-14-23(26(31)22-8-4-5-9-24(22)34-3)27(33)28-16-6-7-20-17-29-30-19(20)2/h4-5,8-13,17,23,26H,6-7,14-16H2,1-3H3,(H,28,33)(H,29,30). The number of para-hydroxylation sites is 1. The lowest BCUT2D eigenvalue weighted by atomic mass is 9.82. The van der Waals surface area contributed by atoms with Crippen molar-refractivity contribution in [3.8, 4) is 5.75 Å². The zero-order chi connectivity index (χ0) is 24.1. The molecule has 178 valence electrons. The van der Waals surface area contributed by atoms with Crippen molar-refractivity contribution in [1.82, 2.24) is 15.5 Å². The van der Waals surface area contributed by atoms with Crippen LogP contribution in [0, 0.1) is 19.8 Å². The third kappa shape index (κ3) is 4.98. The van der Waals surface area contributed by atoms with Crippen molar-refractivity contribution in [3.63, 3.8) is 0 Å². The van der Waals surface area contributed by atoms with Gasteiger partial charge in [0, 0.05) is 29.9 Å². The van der Waals surface area contributed by atoms with Crippen LogP contribution in [0.15, 0.2) is 54.7 Å². The monoisotopic (exact) mass is 460 g/mol. The number of nitrogens with one attached hydrogen (secondary N) is 2. The molecule has 0 saturated carbocycles. The first-order chi connectivity index (χ1) is 16.5. The molecule has 2 unspecified atom stereocenters. The minimum absolute atomic E-state index is 0.0132. The van der Waals surface area contributed by atoms with Crippen LogP contribution in [0.4, 0.5) is 5.69 Å². The average molecular weight is 461 g/mol. The van der Waals surface area contributed by atoms with Crippen molar-refractivity contribution >= 4 is 17.5 Å². The van der Waals surface area contributed by atoms with Gasteiger partial charge in [-0.25, -0.2) is 0 Å². The Bertz CT molecular complexity index is 1140. The third-order valence-corrected chi connectivity index (χ3v) is 6.56. The Morgan fingerprint density at radius 2 is 1.94 bits per heavy atom. The van der Waals surface area contributed by atoms with Gasteiger partial charge in [-0.05, 0) is 56.9 Å². The molecular formula is C27H32N4O3. The SMILES string of the molecule is COc1ccccc1C1C(C(=O)NCCCc2cn[nH]c2C)CCC(=O)N1c1ccc(C)cc1. The molecule has 1 fully saturated rings. The van der Waals surface area contributed by atoms with Crippen LogP contribution in [0.25, 0.3) is 0 Å². The lowest BCUT2D eigenvalue weighted by molar-refractivity contribution is -0.129. The normalized spacial score (nSPS) is 18.1. The molecule has 0 spiro atoms. The summed E-state index contributed by atoms with van der Waals surface area (Å²) in [6, 6.07) is 15.1. The molecular weight excluding hydrogens is 428 g/mol. The molecule has 0 radical (unpaired) electrons. The fraction of sp³-hybridized carbons (Fsp3) is 0.370. The second kappa shape index (κ2) is 10.5. The van der Waals surface area contributed by atoms with E-state index in [9.17, 15) is 9.59 Å². The van der Waals surface area contributed by atoms with Crippen LogP contribution in [-0.2, 0) is 16.0 Å². The highest BCUT2D eigenvalue weighted by Crippen LogP contribution is 2.43. The number of piperidine rings is 1. The molecule has 1 aliphatic rings. The van der Waals surface area contributed by atoms with Gasteiger partial charge in [0.15, 0.2) is 0 Å². The zero-order valence-corrected chi connectivity index (χ0v) is 20.0. The summed E-state index contributed by atoms with van der Waals surface area (Å²) in [6.07, 6.45) is 4.32. The quantitative estimate of drug-likeness (QED) is 0.492. The van der Waals surface area contributed by atoms with Gasteiger partial charge in [-0.3, -0.25) is 14.7 Å². The van der Waals surface area contributed by atoms with Gasteiger partial charge < -0.3 is 15.0 Å². The first-order valence-electron chi connectivity index (χ1n) is 11.8. The lowest BCUT2D eigenvalue weighted by Crippen LogP contribution is -2.48. The van der Waals surface area contributed by atoms with Crippen molar-refractivity contribution in [3.05, 3.63) is 77.1 Å². The van der Waals surface area contributed by atoms with E-state index in [1.54, 1.807) is 12.0 Å². The van der Waals surface area contributed by atoms with E-state index in [0.717, 1.165) is 40.9 Å². The number of carbonyl (C=O) groups excluding carboxylic acids is 2. The molecule has 0 aliphatic carbocycles. The van der Waals surface area contributed by atoms with Crippen molar-refractivity contribution in [2.75, 3.05) is 18.6 Å². The van der Waals surface area contributed by atoms with E-state index in [0.29, 0.717) is 25.1 Å². The Hall–Kier alpha value is -3.61. The molecule has 0 bridgehead atoms. The van der Waals surface area contributed by atoms with Crippen LogP contribution in [0.5, 0.6) is 5.75 Å². The molecule has 1 aromatic heterocycles. The Morgan fingerprint density at radius 3 is 2.65 bits per heavy atom. The first-order valence-corrected chi connectivity index (χ1v) is 11.8. The minimum Gasteiger partial charge on any atom is -0.496 e. The molecule has 2 amide bonds. The number of hydrogen-bond acceptors (Lipinski definition) is 4. The molecule has 2 N–H and O–H groups in total. The van der Waals surface area contributed by atoms with Gasteiger partial charge in [-0.1, -0.05) is 35.9 Å². The van der Waals surface area contributed by atoms with Crippen LogP contribution in [0.3, 0.4) is 0 Å². The maximum Gasteiger partial charge on any atom is 0.227 e. The van der Waals surface area contributed by atoms with E-state index >= 15 is 0 Å². The van der Waals surface area contributed by atoms with Gasteiger partial charge in [-0.2, -0.15) is 5.10 Å². The second-order valence-corrected chi connectivity index (χ2v) is 8.85. The number of hydrogen-bond donors (Lipinski definition) is 2. The molecule has 7 heteroatoms. The molecule has 34 heavy (non-hydrogen) atoms. The van der Waals surface area contributed by atoms with E-state index in [2.05, 4.69) is 15.5 Å². The maximum absolute atomic E-state index is 13.4. The van der Waals surface area contributed by atoms with Crippen LogP contribution in [0.1, 0.15) is 47.7 Å².